The second-order valence-corrected chi connectivity index (χ2v) is 8.57. The average Bonchev–Trinajstić information content (AvgIpc) is 3.08. The molecule has 1 aromatic heterocycles. The lowest BCUT2D eigenvalue weighted by Crippen LogP contribution is -2.39. The zero-order chi connectivity index (χ0) is 15.6. The van der Waals surface area contributed by atoms with Gasteiger partial charge in [0.1, 0.15) is 5.82 Å². The maximum atomic E-state index is 12.5. The van der Waals surface area contributed by atoms with Crippen molar-refractivity contribution in [1.82, 2.24) is 18.8 Å². The quantitative estimate of drug-likeness (QED) is 0.814. The van der Waals surface area contributed by atoms with Crippen molar-refractivity contribution in [2.75, 3.05) is 31.9 Å². The van der Waals surface area contributed by atoms with E-state index in [9.17, 15) is 8.42 Å². The van der Waals surface area contributed by atoms with Crippen LogP contribution < -0.4 is 0 Å². The van der Waals surface area contributed by atoms with Crippen LogP contribution >= 0.6 is 0 Å². The Hall–Kier alpha value is -0.920. The first-order valence-corrected chi connectivity index (χ1v) is 9.89. The largest absolute Gasteiger partial charge is 0.333 e. The van der Waals surface area contributed by atoms with E-state index in [1.165, 1.54) is 12.8 Å². The van der Waals surface area contributed by atoms with Gasteiger partial charge >= 0.3 is 0 Å². The highest BCUT2D eigenvalue weighted by atomic mass is 32.2. The van der Waals surface area contributed by atoms with E-state index in [1.807, 2.05) is 13.1 Å². The maximum absolute atomic E-state index is 12.5. The van der Waals surface area contributed by atoms with Gasteiger partial charge in [0.05, 0.1) is 12.3 Å². The molecule has 0 saturated carbocycles. The molecular weight excluding hydrogens is 300 g/mol. The molecule has 7 heteroatoms. The van der Waals surface area contributed by atoms with Crippen LogP contribution in [-0.2, 0) is 23.1 Å². The van der Waals surface area contributed by atoms with Crippen molar-refractivity contribution in [2.45, 2.75) is 39.3 Å². The molecule has 2 aliphatic heterocycles. The number of aromatic nitrogens is 2. The van der Waals surface area contributed by atoms with Crippen LogP contribution in [0.1, 0.15) is 32.0 Å². The Morgan fingerprint density at radius 1 is 1.27 bits per heavy atom. The minimum absolute atomic E-state index is 0.226. The van der Waals surface area contributed by atoms with Gasteiger partial charge in [-0.15, -0.1) is 0 Å². The molecule has 3 heterocycles. The molecule has 3 rings (SSSR count). The summed E-state index contributed by atoms with van der Waals surface area (Å²) in [6.45, 7) is 7.08. The Kier molecular flexibility index (Phi) is 4.84. The third kappa shape index (κ3) is 3.52. The Morgan fingerprint density at radius 3 is 2.77 bits per heavy atom. The van der Waals surface area contributed by atoms with E-state index < -0.39 is 10.0 Å². The zero-order valence-corrected chi connectivity index (χ0v) is 14.1. The van der Waals surface area contributed by atoms with Crippen LogP contribution in [0.3, 0.4) is 0 Å². The monoisotopic (exact) mass is 326 g/mol. The highest BCUT2D eigenvalue weighted by Gasteiger charge is 2.30. The third-order valence-corrected chi connectivity index (χ3v) is 6.60. The van der Waals surface area contributed by atoms with Crippen molar-refractivity contribution in [3.63, 3.8) is 0 Å². The average molecular weight is 326 g/mol. The molecule has 0 amide bonds. The van der Waals surface area contributed by atoms with Gasteiger partial charge in [0.2, 0.25) is 10.0 Å². The molecule has 0 aliphatic carbocycles. The second-order valence-electron chi connectivity index (χ2n) is 6.48. The summed E-state index contributed by atoms with van der Waals surface area (Å²) in [6, 6.07) is 0. The number of likely N-dealkylation sites (tertiary alicyclic amines) is 1. The van der Waals surface area contributed by atoms with Crippen LogP contribution in [0.25, 0.3) is 0 Å². The van der Waals surface area contributed by atoms with Crippen LogP contribution in [0, 0.1) is 5.92 Å². The van der Waals surface area contributed by atoms with Crippen molar-refractivity contribution in [3.05, 3.63) is 18.2 Å². The first-order chi connectivity index (χ1) is 10.6. The third-order valence-electron chi connectivity index (χ3n) is 4.61. The summed E-state index contributed by atoms with van der Waals surface area (Å²) in [5, 5.41) is 0. The summed E-state index contributed by atoms with van der Waals surface area (Å²) in [5.74, 6) is 1.42. The van der Waals surface area contributed by atoms with Gasteiger partial charge in [-0.25, -0.2) is 13.4 Å². The van der Waals surface area contributed by atoms with Gasteiger partial charge in [0.15, 0.2) is 0 Å². The lowest BCUT2D eigenvalue weighted by Gasteiger charge is -2.26. The number of rotatable bonds is 5. The molecule has 1 aromatic rings. The van der Waals surface area contributed by atoms with Gasteiger partial charge in [0.25, 0.3) is 0 Å². The van der Waals surface area contributed by atoms with E-state index in [0.717, 1.165) is 32.0 Å². The molecule has 1 unspecified atom stereocenters. The van der Waals surface area contributed by atoms with Gasteiger partial charge in [-0.2, -0.15) is 4.31 Å². The summed E-state index contributed by atoms with van der Waals surface area (Å²) < 4.78 is 28.8. The Labute approximate surface area is 133 Å². The predicted molar refractivity (Wildman–Crippen MR) is 85.9 cm³/mol. The summed E-state index contributed by atoms with van der Waals surface area (Å²) in [4.78, 5) is 6.82. The van der Waals surface area contributed by atoms with Crippen molar-refractivity contribution >= 4 is 10.0 Å². The molecule has 124 valence electrons. The number of hydrogen-bond donors (Lipinski definition) is 0. The van der Waals surface area contributed by atoms with Gasteiger partial charge in [-0.05, 0) is 32.4 Å². The molecule has 0 radical (unpaired) electrons. The van der Waals surface area contributed by atoms with Crippen molar-refractivity contribution in [1.29, 1.82) is 0 Å². The zero-order valence-electron chi connectivity index (χ0n) is 13.3. The van der Waals surface area contributed by atoms with Crippen LogP contribution in [-0.4, -0.2) is 59.1 Å². The van der Waals surface area contributed by atoms with Crippen molar-refractivity contribution in [2.24, 2.45) is 5.92 Å². The second kappa shape index (κ2) is 6.68. The van der Waals surface area contributed by atoms with E-state index in [-0.39, 0.29) is 5.75 Å². The normalized spacial score (nSPS) is 24.3. The fraction of sp³-hybridized carbons (Fsp3) is 0.800. The number of fused-ring (bicyclic) bond motifs is 1. The summed E-state index contributed by atoms with van der Waals surface area (Å²) in [5.41, 5.74) is 0. The van der Waals surface area contributed by atoms with E-state index in [1.54, 1.807) is 10.5 Å². The molecule has 6 nitrogen and oxygen atoms in total. The summed E-state index contributed by atoms with van der Waals surface area (Å²) >= 11 is 0. The van der Waals surface area contributed by atoms with Crippen molar-refractivity contribution < 1.29 is 8.42 Å². The van der Waals surface area contributed by atoms with E-state index in [2.05, 4.69) is 14.5 Å². The molecule has 1 fully saturated rings. The lowest BCUT2D eigenvalue weighted by atomic mass is 10.1. The van der Waals surface area contributed by atoms with E-state index in [0.29, 0.717) is 25.4 Å². The van der Waals surface area contributed by atoms with Gasteiger partial charge in [-0.1, -0.05) is 6.92 Å². The fourth-order valence-electron chi connectivity index (χ4n) is 3.55. The minimum Gasteiger partial charge on any atom is -0.333 e. The topological polar surface area (TPSA) is 58.4 Å². The molecule has 22 heavy (non-hydrogen) atoms. The van der Waals surface area contributed by atoms with E-state index in [4.69, 9.17) is 0 Å². The molecular formula is C15H26N4O2S. The van der Waals surface area contributed by atoms with Crippen LogP contribution in [0.15, 0.2) is 12.4 Å². The number of sulfonamides is 1. The first-order valence-electron chi connectivity index (χ1n) is 8.28. The van der Waals surface area contributed by atoms with Gasteiger partial charge in [0, 0.05) is 37.9 Å². The van der Waals surface area contributed by atoms with E-state index >= 15 is 0 Å². The lowest BCUT2D eigenvalue weighted by molar-refractivity contribution is 0.236. The fourth-order valence-corrected chi connectivity index (χ4v) is 5.07. The number of nitrogens with zero attached hydrogens (tertiary/aromatic N) is 4. The summed E-state index contributed by atoms with van der Waals surface area (Å²) in [6.07, 6.45) is 6.94. The Morgan fingerprint density at radius 2 is 2.05 bits per heavy atom. The molecule has 0 bridgehead atoms. The van der Waals surface area contributed by atoms with Crippen molar-refractivity contribution in [3.8, 4) is 0 Å². The predicted octanol–water partition coefficient (Wildman–Crippen LogP) is 1.15. The van der Waals surface area contributed by atoms with Crippen LogP contribution in [0.2, 0.25) is 0 Å². The molecule has 1 saturated heterocycles. The smallest absolute Gasteiger partial charge is 0.214 e. The highest BCUT2D eigenvalue weighted by Crippen LogP contribution is 2.21. The number of imidazole rings is 1. The molecule has 2 aliphatic rings. The maximum Gasteiger partial charge on any atom is 0.214 e. The minimum atomic E-state index is -3.18. The number of hydrogen-bond acceptors (Lipinski definition) is 4. The molecule has 0 aromatic carbocycles. The molecule has 1 atom stereocenters. The standard InChI is InChI=1S/C15H26N4O2S/c1-2-9-22(20,21)19-12-14(10-17-6-3-4-7-17)11-18-8-5-16-15(18)13-19/h5,8,14H,2-4,6-7,9-13H2,1H3. The Balaban J connectivity index is 1.79. The first kappa shape index (κ1) is 16.0. The molecule has 0 N–H and O–H groups in total. The van der Waals surface area contributed by atoms with Gasteiger partial charge in [-0.3, -0.25) is 0 Å². The van der Waals surface area contributed by atoms with Crippen LogP contribution in [0.5, 0.6) is 0 Å². The van der Waals surface area contributed by atoms with Crippen LogP contribution in [0.4, 0.5) is 0 Å². The van der Waals surface area contributed by atoms with Gasteiger partial charge < -0.3 is 9.47 Å². The molecule has 0 spiro atoms. The summed E-state index contributed by atoms with van der Waals surface area (Å²) in [7, 11) is -3.18. The SMILES string of the molecule is CCCS(=O)(=O)N1Cc2nccn2CC(CN2CCCC2)C1. The Bertz CT molecular complexity index is 592. The highest BCUT2D eigenvalue weighted by molar-refractivity contribution is 7.89.